The van der Waals surface area contributed by atoms with Crippen LogP contribution in [0.4, 0.5) is 0 Å². The van der Waals surface area contributed by atoms with E-state index in [1.165, 1.54) is 16.7 Å². The third-order valence-corrected chi connectivity index (χ3v) is 4.99. The number of benzene rings is 3. The molecule has 0 bridgehead atoms. The number of aryl methyl sites for hydroxylation is 3. The van der Waals surface area contributed by atoms with Crippen molar-refractivity contribution in [2.45, 2.75) is 27.3 Å². The Morgan fingerprint density at radius 1 is 0.852 bits per heavy atom. The van der Waals surface area contributed by atoms with Gasteiger partial charge in [0, 0.05) is 5.56 Å². The van der Waals surface area contributed by atoms with E-state index in [2.05, 4.69) is 79.9 Å². The lowest BCUT2D eigenvalue weighted by Crippen LogP contribution is -2.09. The van der Waals surface area contributed by atoms with Gasteiger partial charge in [-0.1, -0.05) is 42.0 Å². The standard InChI is InChI=1S/C24H24N2O/c1-17-7-6-8-20(15-17)24-25-22-9-4-5-10-23(22)26(24)13-14-27-21-12-11-18(2)19(3)16-21/h4-12,15-16H,13-14H2,1-3H3. The highest BCUT2D eigenvalue weighted by Gasteiger charge is 2.12. The zero-order valence-electron chi connectivity index (χ0n) is 16.1. The summed E-state index contributed by atoms with van der Waals surface area (Å²) in [7, 11) is 0. The predicted molar refractivity (Wildman–Crippen MR) is 111 cm³/mol. The molecule has 0 fully saturated rings. The van der Waals surface area contributed by atoms with Crippen molar-refractivity contribution in [1.82, 2.24) is 9.55 Å². The van der Waals surface area contributed by atoms with Gasteiger partial charge in [0.25, 0.3) is 0 Å². The van der Waals surface area contributed by atoms with Crippen molar-refractivity contribution < 1.29 is 4.74 Å². The fourth-order valence-corrected chi connectivity index (χ4v) is 3.36. The minimum absolute atomic E-state index is 0.599. The molecular formula is C24H24N2O. The average Bonchev–Trinajstić information content (AvgIpc) is 3.03. The summed E-state index contributed by atoms with van der Waals surface area (Å²) < 4.78 is 8.29. The molecule has 0 spiro atoms. The minimum atomic E-state index is 0.599. The Bertz CT molecular complexity index is 1090. The summed E-state index contributed by atoms with van der Waals surface area (Å²) in [5.41, 5.74) is 7.05. The number of nitrogens with zero attached hydrogens (tertiary/aromatic N) is 2. The van der Waals surface area contributed by atoms with E-state index in [1.807, 2.05) is 12.1 Å². The van der Waals surface area contributed by atoms with Crippen LogP contribution in [0, 0.1) is 20.8 Å². The summed E-state index contributed by atoms with van der Waals surface area (Å²) >= 11 is 0. The number of rotatable bonds is 5. The molecule has 0 N–H and O–H groups in total. The summed E-state index contributed by atoms with van der Waals surface area (Å²) in [6.45, 7) is 7.68. The molecule has 0 saturated carbocycles. The summed E-state index contributed by atoms with van der Waals surface area (Å²) in [5.74, 6) is 1.91. The maximum atomic E-state index is 6.03. The molecule has 0 atom stereocenters. The fraction of sp³-hybridized carbons (Fsp3) is 0.208. The molecule has 0 aliphatic heterocycles. The number of fused-ring (bicyclic) bond motifs is 1. The molecule has 136 valence electrons. The molecule has 3 aromatic carbocycles. The first-order valence-electron chi connectivity index (χ1n) is 9.34. The van der Waals surface area contributed by atoms with Crippen LogP contribution in [0.2, 0.25) is 0 Å². The Kier molecular flexibility index (Phi) is 4.68. The third kappa shape index (κ3) is 3.59. The third-order valence-electron chi connectivity index (χ3n) is 4.99. The highest BCUT2D eigenvalue weighted by Crippen LogP contribution is 2.25. The molecule has 0 aliphatic rings. The van der Waals surface area contributed by atoms with Crippen LogP contribution in [0.15, 0.2) is 66.7 Å². The van der Waals surface area contributed by atoms with E-state index in [4.69, 9.17) is 9.72 Å². The smallest absolute Gasteiger partial charge is 0.141 e. The van der Waals surface area contributed by atoms with Crippen LogP contribution in [0.25, 0.3) is 22.4 Å². The van der Waals surface area contributed by atoms with Crippen molar-refractivity contribution in [3.05, 3.63) is 83.4 Å². The van der Waals surface area contributed by atoms with E-state index in [1.54, 1.807) is 0 Å². The zero-order valence-corrected chi connectivity index (χ0v) is 16.1. The Hall–Kier alpha value is -3.07. The van der Waals surface area contributed by atoms with Gasteiger partial charge in [-0.15, -0.1) is 0 Å². The van der Waals surface area contributed by atoms with Crippen LogP contribution in [0.5, 0.6) is 5.75 Å². The minimum Gasteiger partial charge on any atom is -0.492 e. The molecule has 4 rings (SSSR count). The first kappa shape index (κ1) is 17.3. The molecule has 0 unspecified atom stereocenters. The van der Waals surface area contributed by atoms with E-state index >= 15 is 0 Å². The topological polar surface area (TPSA) is 27.1 Å². The summed E-state index contributed by atoms with van der Waals surface area (Å²) in [5, 5.41) is 0. The first-order chi connectivity index (χ1) is 13.1. The maximum absolute atomic E-state index is 6.03. The largest absolute Gasteiger partial charge is 0.492 e. The van der Waals surface area contributed by atoms with E-state index < -0.39 is 0 Å². The van der Waals surface area contributed by atoms with Crippen molar-refractivity contribution in [2.75, 3.05) is 6.61 Å². The lowest BCUT2D eigenvalue weighted by Gasteiger charge is -2.12. The lowest BCUT2D eigenvalue weighted by molar-refractivity contribution is 0.300. The van der Waals surface area contributed by atoms with Gasteiger partial charge in [-0.3, -0.25) is 0 Å². The second-order valence-electron chi connectivity index (χ2n) is 7.04. The second-order valence-corrected chi connectivity index (χ2v) is 7.04. The normalized spacial score (nSPS) is 11.1. The van der Waals surface area contributed by atoms with Gasteiger partial charge >= 0.3 is 0 Å². The first-order valence-corrected chi connectivity index (χ1v) is 9.34. The molecule has 4 aromatic rings. The van der Waals surface area contributed by atoms with Crippen LogP contribution in [-0.4, -0.2) is 16.2 Å². The molecule has 0 radical (unpaired) electrons. The molecule has 0 aliphatic carbocycles. The van der Waals surface area contributed by atoms with E-state index in [0.717, 1.165) is 34.7 Å². The Balaban J connectivity index is 1.63. The van der Waals surface area contributed by atoms with Crippen molar-refractivity contribution >= 4 is 11.0 Å². The van der Waals surface area contributed by atoms with Crippen molar-refractivity contribution in [1.29, 1.82) is 0 Å². The molecule has 1 aromatic heterocycles. The molecule has 3 nitrogen and oxygen atoms in total. The quantitative estimate of drug-likeness (QED) is 0.458. The van der Waals surface area contributed by atoms with Gasteiger partial charge in [0.15, 0.2) is 0 Å². The predicted octanol–water partition coefficient (Wildman–Crippen LogP) is 5.71. The molecular weight excluding hydrogens is 332 g/mol. The number of hydrogen-bond acceptors (Lipinski definition) is 2. The number of ether oxygens (including phenoxy) is 1. The molecule has 3 heteroatoms. The Morgan fingerprint density at radius 3 is 2.52 bits per heavy atom. The van der Waals surface area contributed by atoms with Crippen LogP contribution < -0.4 is 4.74 Å². The Labute approximate surface area is 160 Å². The molecule has 0 amide bonds. The average molecular weight is 356 g/mol. The summed E-state index contributed by atoms with van der Waals surface area (Å²) in [4.78, 5) is 4.88. The highest BCUT2D eigenvalue weighted by molar-refractivity contribution is 5.80. The highest BCUT2D eigenvalue weighted by atomic mass is 16.5. The van der Waals surface area contributed by atoms with Crippen molar-refractivity contribution in [2.24, 2.45) is 0 Å². The van der Waals surface area contributed by atoms with Crippen molar-refractivity contribution in [3.8, 4) is 17.1 Å². The van der Waals surface area contributed by atoms with Crippen LogP contribution >= 0.6 is 0 Å². The van der Waals surface area contributed by atoms with Gasteiger partial charge in [-0.25, -0.2) is 4.98 Å². The van der Waals surface area contributed by atoms with Gasteiger partial charge in [0.05, 0.1) is 17.6 Å². The van der Waals surface area contributed by atoms with Gasteiger partial charge in [0.1, 0.15) is 18.2 Å². The second kappa shape index (κ2) is 7.28. The zero-order chi connectivity index (χ0) is 18.8. The lowest BCUT2D eigenvalue weighted by atomic mass is 10.1. The number of aromatic nitrogens is 2. The van der Waals surface area contributed by atoms with E-state index in [0.29, 0.717) is 6.61 Å². The van der Waals surface area contributed by atoms with Gasteiger partial charge in [-0.05, 0) is 62.2 Å². The fourth-order valence-electron chi connectivity index (χ4n) is 3.36. The van der Waals surface area contributed by atoms with Crippen molar-refractivity contribution in [3.63, 3.8) is 0 Å². The number of para-hydroxylation sites is 2. The van der Waals surface area contributed by atoms with Gasteiger partial charge in [-0.2, -0.15) is 0 Å². The van der Waals surface area contributed by atoms with Crippen LogP contribution in [-0.2, 0) is 6.54 Å². The van der Waals surface area contributed by atoms with E-state index in [-0.39, 0.29) is 0 Å². The van der Waals surface area contributed by atoms with Crippen LogP contribution in [0.3, 0.4) is 0 Å². The van der Waals surface area contributed by atoms with E-state index in [9.17, 15) is 0 Å². The van der Waals surface area contributed by atoms with Gasteiger partial charge < -0.3 is 9.30 Å². The maximum Gasteiger partial charge on any atom is 0.141 e. The molecule has 27 heavy (non-hydrogen) atoms. The van der Waals surface area contributed by atoms with Gasteiger partial charge in [0.2, 0.25) is 0 Å². The van der Waals surface area contributed by atoms with Crippen LogP contribution in [0.1, 0.15) is 16.7 Å². The molecule has 1 heterocycles. The number of imidazole rings is 1. The monoisotopic (exact) mass is 356 g/mol. The summed E-state index contributed by atoms with van der Waals surface area (Å²) in [6, 6.07) is 23.0. The summed E-state index contributed by atoms with van der Waals surface area (Å²) in [6.07, 6.45) is 0. The number of hydrogen-bond donors (Lipinski definition) is 0. The SMILES string of the molecule is Cc1cccc(-c2nc3ccccc3n2CCOc2ccc(C)c(C)c2)c1. The Morgan fingerprint density at radius 2 is 1.70 bits per heavy atom. The molecule has 0 saturated heterocycles.